The summed E-state index contributed by atoms with van der Waals surface area (Å²) in [5.41, 5.74) is 1.29. The quantitative estimate of drug-likeness (QED) is 0.502. The lowest BCUT2D eigenvalue weighted by molar-refractivity contribution is -0.116. The zero-order valence-corrected chi connectivity index (χ0v) is 18.4. The van der Waals surface area contributed by atoms with Crippen LogP contribution in [0.2, 0.25) is 0 Å². The number of para-hydroxylation sites is 1. The third-order valence-electron chi connectivity index (χ3n) is 5.16. The van der Waals surface area contributed by atoms with Crippen LogP contribution in [-0.4, -0.2) is 45.1 Å². The number of fused-ring (bicyclic) bond motifs is 1. The second-order valence-electron chi connectivity index (χ2n) is 7.49. The smallest absolute Gasteiger partial charge is 0.340 e. The fourth-order valence-corrected chi connectivity index (χ4v) is 4.77. The highest BCUT2D eigenvalue weighted by atomic mass is 32.2. The summed E-state index contributed by atoms with van der Waals surface area (Å²) in [5, 5.41) is 3.39. The van der Waals surface area contributed by atoms with Crippen molar-refractivity contribution in [2.75, 3.05) is 19.5 Å². The molecular formula is C22H23N3O6S. The molecule has 2 aromatic carbocycles. The van der Waals surface area contributed by atoms with Crippen molar-refractivity contribution < 1.29 is 27.5 Å². The predicted octanol–water partition coefficient (Wildman–Crippen LogP) is 2.52. The topological polar surface area (TPSA) is 116 Å². The monoisotopic (exact) mass is 457 g/mol. The lowest BCUT2D eigenvalue weighted by Crippen LogP contribution is -2.26. The molecule has 10 heteroatoms. The van der Waals surface area contributed by atoms with E-state index in [1.807, 2.05) is 6.07 Å². The number of benzene rings is 2. The van der Waals surface area contributed by atoms with Gasteiger partial charge in [-0.25, -0.2) is 17.9 Å². The lowest BCUT2D eigenvalue weighted by Gasteiger charge is -2.13. The normalized spacial score (nSPS) is 13.7. The maximum atomic E-state index is 12.8. The maximum Gasteiger partial charge on any atom is 0.340 e. The van der Waals surface area contributed by atoms with Gasteiger partial charge >= 0.3 is 5.97 Å². The van der Waals surface area contributed by atoms with Gasteiger partial charge in [-0.05, 0) is 37.1 Å². The molecule has 0 unspecified atom stereocenters. The summed E-state index contributed by atoms with van der Waals surface area (Å²) in [4.78, 5) is 25.0. The molecule has 4 rings (SSSR count). The minimum absolute atomic E-state index is 0.0360. The first-order chi connectivity index (χ1) is 15.3. The summed E-state index contributed by atoms with van der Waals surface area (Å²) >= 11 is 0. The SMILES string of the molecule is COC(=O)c1cn(CC(=O)Nc2cc(S(=O)(=O)NC3CC3)ccc2OC)c2ccccc12. The number of carbonyl (C=O) groups excluding carboxylic acids is 2. The number of aromatic nitrogens is 1. The van der Waals surface area contributed by atoms with E-state index in [0.717, 1.165) is 12.8 Å². The van der Waals surface area contributed by atoms with Crippen LogP contribution in [0.25, 0.3) is 10.9 Å². The van der Waals surface area contributed by atoms with Crippen LogP contribution in [0, 0.1) is 0 Å². The van der Waals surface area contributed by atoms with Crippen molar-refractivity contribution in [3.63, 3.8) is 0 Å². The van der Waals surface area contributed by atoms with E-state index in [0.29, 0.717) is 22.2 Å². The number of hydrogen-bond acceptors (Lipinski definition) is 6. The standard InChI is InChI=1S/C22H23N3O6S/c1-30-20-10-9-15(32(28,29)24-14-7-8-14)11-18(20)23-21(26)13-25-12-17(22(27)31-2)16-5-3-4-6-19(16)25/h3-6,9-12,14,24H,7-8,13H2,1-2H3,(H,23,26). The van der Waals surface area contributed by atoms with Crippen molar-refractivity contribution in [2.24, 2.45) is 0 Å². The van der Waals surface area contributed by atoms with Crippen molar-refractivity contribution in [3.8, 4) is 5.75 Å². The number of ether oxygens (including phenoxy) is 2. The Kier molecular flexibility index (Phi) is 5.90. The molecule has 0 aliphatic heterocycles. The first kappa shape index (κ1) is 21.8. The third kappa shape index (κ3) is 4.46. The first-order valence-electron chi connectivity index (χ1n) is 9.99. The molecule has 1 aliphatic carbocycles. The van der Waals surface area contributed by atoms with Crippen molar-refractivity contribution in [3.05, 3.63) is 54.2 Å². The van der Waals surface area contributed by atoms with Crippen LogP contribution in [0.5, 0.6) is 5.75 Å². The van der Waals surface area contributed by atoms with Crippen molar-refractivity contribution in [2.45, 2.75) is 30.3 Å². The van der Waals surface area contributed by atoms with Gasteiger partial charge in [0.2, 0.25) is 15.9 Å². The predicted molar refractivity (Wildman–Crippen MR) is 118 cm³/mol. The number of methoxy groups -OCH3 is 2. The first-order valence-corrected chi connectivity index (χ1v) is 11.5. The number of sulfonamides is 1. The van der Waals surface area contributed by atoms with E-state index >= 15 is 0 Å². The Morgan fingerprint density at radius 2 is 1.88 bits per heavy atom. The van der Waals surface area contributed by atoms with Crippen molar-refractivity contribution in [1.82, 2.24) is 9.29 Å². The van der Waals surface area contributed by atoms with Crippen LogP contribution in [-0.2, 0) is 26.1 Å². The van der Waals surface area contributed by atoms with E-state index in [1.165, 1.54) is 32.4 Å². The summed E-state index contributed by atoms with van der Waals surface area (Å²) in [6, 6.07) is 11.4. The number of nitrogens with one attached hydrogen (secondary N) is 2. The molecule has 1 aliphatic rings. The Bertz CT molecular complexity index is 1290. The van der Waals surface area contributed by atoms with Crippen molar-refractivity contribution >= 4 is 38.5 Å². The maximum absolute atomic E-state index is 12.8. The fourth-order valence-electron chi connectivity index (χ4n) is 3.44. The zero-order chi connectivity index (χ0) is 22.9. The summed E-state index contributed by atoms with van der Waals surface area (Å²) in [7, 11) is -0.958. The number of esters is 1. The molecular weight excluding hydrogens is 434 g/mol. The molecule has 0 spiro atoms. The molecule has 0 atom stereocenters. The van der Waals surface area contributed by atoms with E-state index in [9.17, 15) is 18.0 Å². The van der Waals surface area contributed by atoms with Gasteiger partial charge in [-0.1, -0.05) is 18.2 Å². The Balaban J connectivity index is 1.59. The van der Waals surface area contributed by atoms with E-state index in [-0.39, 0.29) is 23.2 Å². The molecule has 0 radical (unpaired) electrons. The lowest BCUT2D eigenvalue weighted by atomic mass is 10.2. The van der Waals surface area contributed by atoms with E-state index < -0.39 is 21.9 Å². The molecule has 32 heavy (non-hydrogen) atoms. The van der Waals surface area contributed by atoms with Gasteiger partial charge in [-0.15, -0.1) is 0 Å². The van der Waals surface area contributed by atoms with Crippen LogP contribution >= 0.6 is 0 Å². The molecule has 3 aromatic rings. The summed E-state index contributed by atoms with van der Waals surface area (Å²) in [5.74, 6) is -0.579. The number of amides is 1. The Hall–Kier alpha value is -3.37. The Morgan fingerprint density at radius 3 is 2.56 bits per heavy atom. The van der Waals surface area contributed by atoms with Crippen LogP contribution in [0.4, 0.5) is 5.69 Å². The molecule has 0 saturated heterocycles. The molecule has 1 aromatic heterocycles. The molecule has 168 valence electrons. The van der Waals surface area contributed by atoms with Gasteiger partial charge in [-0.2, -0.15) is 0 Å². The molecule has 9 nitrogen and oxygen atoms in total. The minimum atomic E-state index is -3.69. The number of rotatable bonds is 8. The van der Waals surface area contributed by atoms with Crippen LogP contribution in [0.3, 0.4) is 0 Å². The molecule has 1 amide bonds. The molecule has 0 bridgehead atoms. The van der Waals surface area contributed by atoms with Gasteiger partial charge in [0.25, 0.3) is 0 Å². The number of nitrogens with zero attached hydrogens (tertiary/aromatic N) is 1. The average Bonchev–Trinajstić information content (AvgIpc) is 3.51. The molecule has 1 fully saturated rings. The van der Waals surface area contributed by atoms with Gasteiger partial charge in [0.15, 0.2) is 0 Å². The van der Waals surface area contributed by atoms with Gasteiger partial charge in [0.1, 0.15) is 12.3 Å². The van der Waals surface area contributed by atoms with Gasteiger partial charge in [0, 0.05) is 23.1 Å². The largest absolute Gasteiger partial charge is 0.495 e. The Morgan fingerprint density at radius 1 is 1.12 bits per heavy atom. The zero-order valence-electron chi connectivity index (χ0n) is 17.6. The molecule has 1 heterocycles. The average molecular weight is 458 g/mol. The van der Waals surface area contributed by atoms with Crippen molar-refractivity contribution in [1.29, 1.82) is 0 Å². The number of anilines is 1. The summed E-state index contributed by atoms with van der Waals surface area (Å²) in [6.07, 6.45) is 3.20. The third-order valence-corrected chi connectivity index (χ3v) is 6.68. The number of carbonyl (C=O) groups is 2. The highest BCUT2D eigenvalue weighted by Crippen LogP contribution is 2.29. The van der Waals surface area contributed by atoms with Gasteiger partial charge in [-0.3, -0.25) is 4.79 Å². The molecule has 1 saturated carbocycles. The highest BCUT2D eigenvalue weighted by molar-refractivity contribution is 7.89. The van der Waals surface area contributed by atoms with E-state index in [2.05, 4.69) is 10.0 Å². The minimum Gasteiger partial charge on any atom is -0.495 e. The summed E-state index contributed by atoms with van der Waals surface area (Å²) < 4.78 is 39.4. The van der Waals surface area contributed by atoms with E-state index in [4.69, 9.17) is 9.47 Å². The van der Waals surface area contributed by atoms with Crippen LogP contribution in [0.1, 0.15) is 23.2 Å². The van der Waals surface area contributed by atoms with Gasteiger partial charge in [0.05, 0.1) is 30.4 Å². The Labute approximate surface area is 185 Å². The number of hydrogen-bond donors (Lipinski definition) is 2. The second kappa shape index (κ2) is 8.64. The highest BCUT2D eigenvalue weighted by Gasteiger charge is 2.28. The fraction of sp³-hybridized carbons (Fsp3) is 0.273. The van der Waals surface area contributed by atoms with Crippen LogP contribution < -0.4 is 14.8 Å². The van der Waals surface area contributed by atoms with E-state index in [1.54, 1.807) is 29.0 Å². The summed E-state index contributed by atoms with van der Waals surface area (Å²) in [6.45, 7) is -0.0992. The second-order valence-corrected chi connectivity index (χ2v) is 9.20. The molecule has 2 N–H and O–H groups in total. The van der Waals surface area contributed by atoms with Crippen LogP contribution in [0.15, 0.2) is 53.6 Å². The van der Waals surface area contributed by atoms with Gasteiger partial charge < -0.3 is 19.4 Å².